The molecule has 0 aromatic carbocycles. The molecule has 0 fully saturated rings. The van der Waals surface area contributed by atoms with Gasteiger partial charge in [-0.25, -0.2) is 0 Å². The molecule has 0 bridgehead atoms. The molecule has 0 spiro atoms. The molecular weight excluding hydrogens is 176 g/mol. The molecule has 0 saturated heterocycles. The average Bonchev–Trinajstić information content (AvgIpc) is 2.25. The lowest BCUT2D eigenvalue weighted by atomic mass is 10.2. The number of nitrogens with two attached hydrogens (primary N) is 1. The fourth-order valence-electron chi connectivity index (χ4n) is 1.12. The predicted octanol–water partition coefficient (Wildman–Crippen LogP) is 1.89. The van der Waals surface area contributed by atoms with Gasteiger partial charge in [-0.2, -0.15) is 0 Å². The summed E-state index contributed by atoms with van der Waals surface area (Å²) in [6.07, 6.45) is 7.26. The molecule has 14 heavy (non-hydrogen) atoms. The number of ether oxygens (including phenoxy) is 1. The number of nitrogens with zero attached hydrogens (tertiary/aromatic N) is 1. The van der Waals surface area contributed by atoms with Gasteiger partial charge in [-0.15, -0.1) is 6.58 Å². The van der Waals surface area contributed by atoms with Crippen LogP contribution in [0.5, 0.6) is 5.75 Å². The van der Waals surface area contributed by atoms with E-state index in [9.17, 15) is 0 Å². The number of unbranched alkanes of at least 4 members (excludes halogenated alkanes) is 1. The molecule has 0 amide bonds. The van der Waals surface area contributed by atoms with Crippen LogP contribution in [0, 0.1) is 0 Å². The number of aromatic nitrogens is 1. The Balaban J connectivity index is 2.44. The first kappa shape index (κ1) is 10.7. The van der Waals surface area contributed by atoms with Crippen molar-refractivity contribution in [3.05, 3.63) is 36.7 Å². The molecule has 0 atom stereocenters. The second kappa shape index (κ2) is 6.16. The Morgan fingerprint density at radius 3 is 3.14 bits per heavy atom. The zero-order valence-corrected chi connectivity index (χ0v) is 8.28. The van der Waals surface area contributed by atoms with Crippen molar-refractivity contribution in [3.63, 3.8) is 0 Å². The predicted molar refractivity (Wildman–Crippen MR) is 57.1 cm³/mol. The Bertz CT molecular complexity index is 286. The van der Waals surface area contributed by atoms with E-state index in [0.29, 0.717) is 13.2 Å². The molecule has 3 nitrogen and oxygen atoms in total. The lowest BCUT2D eigenvalue weighted by Crippen LogP contribution is -2.03. The first-order valence-electron chi connectivity index (χ1n) is 4.75. The first-order valence-corrected chi connectivity index (χ1v) is 4.75. The summed E-state index contributed by atoms with van der Waals surface area (Å²) in [6, 6.07) is 1.88. The van der Waals surface area contributed by atoms with E-state index in [1.54, 1.807) is 12.4 Å². The summed E-state index contributed by atoms with van der Waals surface area (Å²) in [7, 11) is 0. The van der Waals surface area contributed by atoms with E-state index >= 15 is 0 Å². The van der Waals surface area contributed by atoms with Crippen molar-refractivity contribution in [1.29, 1.82) is 0 Å². The largest absolute Gasteiger partial charge is 0.492 e. The van der Waals surface area contributed by atoms with Gasteiger partial charge >= 0.3 is 0 Å². The molecule has 0 radical (unpaired) electrons. The van der Waals surface area contributed by atoms with Gasteiger partial charge in [0.25, 0.3) is 0 Å². The van der Waals surface area contributed by atoms with Crippen LogP contribution < -0.4 is 10.5 Å². The van der Waals surface area contributed by atoms with Crippen molar-refractivity contribution in [2.24, 2.45) is 5.73 Å². The second-order valence-corrected chi connectivity index (χ2v) is 2.97. The Labute approximate surface area is 84.6 Å². The van der Waals surface area contributed by atoms with Crippen LogP contribution >= 0.6 is 0 Å². The highest BCUT2D eigenvalue weighted by atomic mass is 16.5. The Hall–Kier alpha value is -1.35. The topological polar surface area (TPSA) is 48.1 Å². The average molecular weight is 192 g/mol. The van der Waals surface area contributed by atoms with Crippen molar-refractivity contribution < 1.29 is 4.74 Å². The quantitative estimate of drug-likeness (QED) is 0.553. The lowest BCUT2D eigenvalue weighted by molar-refractivity contribution is 0.308. The summed E-state index contributed by atoms with van der Waals surface area (Å²) in [5.41, 5.74) is 6.56. The fourth-order valence-corrected chi connectivity index (χ4v) is 1.12. The van der Waals surface area contributed by atoms with Gasteiger partial charge < -0.3 is 10.5 Å². The van der Waals surface area contributed by atoms with Crippen LogP contribution in [0.25, 0.3) is 0 Å². The van der Waals surface area contributed by atoms with Crippen LogP contribution in [0.3, 0.4) is 0 Å². The van der Waals surface area contributed by atoms with Crippen molar-refractivity contribution in [1.82, 2.24) is 4.98 Å². The normalized spacial score (nSPS) is 9.79. The molecule has 0 unspecified atom stereocenters. The molecule has 1 aromatic heterocycles. The molecule has 0 saturated carbocycles. The van der Waals surface area contributed by atoms with E-state index in [1.807, 2.05) is 12.1 Å². The van der Waals surface area contributed by atoms with Gasteiger partial charge in [0.15, 0.2) is 0 Å². The molecular formula is C11H16N2O. The molecule has 1 rings (SSSR count). The van der Waals surface area contributed by atoms with Gasteiger partial charge in [0, 0.05) is 18.3 Å². The highest BCUT2D eigenvalue weighted by molar-refractivity contribution is 5.29. The van der Waals surface area contributed by atoms with E-state index in [2.05, 4.69) is 11.6 Å². The molecule has 0 aliphatic rings. The Morgan fingerprint density at radius 1 is 1.57 bits per heavy atom. The minimum Gasteiger partial charge on any atom is -0.492 e. The molecule has 3 heteroatoms. The molecule has 0 aliphatic carbocycles. The summed E-state index contributed by atoms with van der Waals surface area (Å²) in [4.78, 5) is 3.99. The van der Waals surface area contributed by atoms with E-state index in [-0.39, 0.29) is 0 Å². The fraction of sp³-hybridized carbons (Fsp3) is 0.364. The third-order valence-electron chi connectivity index (χ3n) is 1.90. The van der Waals surface area contributed by atoms with E-state index in [4.69, 9.17) is 10.5 Å². The molecule has 2 N–H and O–H groups in total. The SMILES string of the molecule is C=CCCCOc1cnccc1CN. The summed E-state index contributed by atoms with van der Waals surface area (Å²) in [6.45, 7) is 4.82. The number of hydrogen-bond donors (Lipinski definition) is 1. The van der Waals surface area contributed by atoms with Crippen LogP contribution in [-0.2, 0) is 6.54 Å². The molecule has 1 heterocycles. The van der Waals surface area contributed by atoms with Gasteiger partial charge in [0.1, 0.15) is 5.75 Å². The standard InChI is InChI=1S/C11H16N2O/c1-2-3-4-7-14-11-9-13-6-5-10(11)8-12/h2,5-6,9H,1,3-4,7-8,12H2. The summed E-state index contributed by atoms with van der Waals surface area (Å²) in [5.74, 6) is 0.791. The monoisotopic (exact) mass is 192 g/mol. The van der Waals surface area contributed by atoms with Crippen molar-refractivity contribution in [2.45, 2.75) is 19.4 Å². The van der Waals surface area contributed by atoms with Crippen LogP contribution in [0.15, 0.2) is 31.1 Å². The van der Waals surface area contributed by atoms with Gasteiger partial charge in [0.05, 0.1) is 12.8 Å². The van der Waals surface area contributed by atoms with E-state index in [1.165, 1.54) is 0 Å². The van der Waals surface area contributed by atoms with Crippen LogP contribution in [0.1, 0.15) is 18.4 Å². The third kappa shape index (κ3) is 3.18. The highest BCUT2D eigenvalue weighted by Gasteiger charge is 2.00. The second-order valence-electron chi connectivity index (χ2n) is 2.97. The lowest BCUT2D eigenvalue weighted by Gasteiger charge is -2.08. The number of hydrogen-bond acceptors (Lipinski definition) is 3. The first-order chi connectivity index (χ1) is 6.88. The van der Waals surface area contributed by atoms with Crippen molar-refractivity contribution >= 4 is 0 Å². The minimum atomic E-state index is 0.485. The van der Waals surface area contributed by atoms with E-state index in [0.717, 1.165) is 24.2 Å². The number of allylic oxidation sites excluding steroid dienone is 1. The third-order valence-corrected chi connectivity index (χ3v) is 1.90. The molecule has 1 aromatic rings. The molecule has 76 valence electrons. The van der Waals surface area contributed by atoms with Crippen molar-refractivity contribution in [3.8, 4) is 5.75 Å². The zero-order chi connectivity index (χ0) is 10.2. The van der Waals surface area contributed by atoms with Crippen molar-refractivity contribution in [2.75, 3.05) is 6.61 Å². The van der Waals surface area contributed by atoms with Gasteiger partial charge in [0.2, 0.25) is 0 Å². The van der Waals surface area contributed by atoms with Crippen LogP contribution in [-0.4, -0.2) is 11.6 Å². The van der Waals surface area contributed by atoms with Crippen LogP contribution in [0.2, 0.25) is 0 Å². The van der Waals surface area contributed by atoms with E-state index < -0.39 is 0 Å². The summed E-state index contributed by atoms with van der Waals surface area (Å²) in [5, 5.41) is 0. The smallest absolute Gasteiger partial charge is 0.142 e. The zero-order valence-electron chi connectivity index (χ0n) is 8.28. The highest BCUT2D eigenvalue weighted by Crippen LogP contribution is 2.15. The maximum Gasteiger partial charge on any atom is 0.142 e. The van der Waals surface area contributed by atoms with Crippen LogP contribution in [0.4, 0.5) is 0 Å². The maximum absolute atomic E-state index is 5.56. The Morgan fingerprint density at radius 2 is 2.43 bits per heavy atom. The number of pyridine rings is 1. The Kier molecular flexibility index (Phi) is 4.72. The minimum absolute atomic E-state index is 0.485. The van der Waals surface area contributed by atoms with Gasteiger partial charge in [-0.3, -0.25) is 4.98 Å². The summed E-state index contributed by atoms with van der Waals surface area (Å²) < 4.78 is 5.54. The van der Waals surface area contributed by atoms with Gasteiger partial charge in [-0.05, 0) is 18.9 Å². The summed E-state index contributed by atoms with van der Waals surface area (Å²) >= 11 is 0. The molecule has 0 aliphatic heterocycles. The maximum atomic E-state index is 5.56. The van der Waals surface area contributed by atoms with Gasteiger partial charge in [-0.1, -0.05) is 6.08 Å². The number of rotatable bonds is 6.